The molecule has 1 unspecified atom stereocenters. The van der Waals surface area contributed by atoms with Crippen molar-refractivity contribution in [1.29, 1.82) is 0 Å². The summed E-state index contributed by atoms with van der Waals surface area (Å²) in [7, 11) is 7.03. The maximum absolute atomic E-state index is 13.3. The summed E-state index contributed by atoms with van der Waals surface area (Å²) in [5.41, 5.74) is 2.26. The van der Waals surface area contributed by atoms with Gasteiger partial charge in [-0.25, -0.2) is 4.79 Å². The van der Waals surface area contributed by atoms with E-state index in [1.165, 1.54) is 19.2 Å². The van der Waals surface area contributed by atoms with E-state index < -0.39 is 23.6 Å². The molecule has 0 aliphatic carbocycles. The predicted octanol–water partition coefficient (Wildman–Crippen LogP) is 3.26. The maximum atomic E-state index is 13.3. The summed E-state index contributed by atoms with van der Waals surface area (Å²) < 4.78 is 55.8. The average molecular weight is 540 g/mol. The molecule has 2 aliphatic rings. The van der Waals surface area contributed by atoms with Crippen molar-refractivity contribution in [2.24, 2.45) is 0 Å². The van der Waals surface area contributed by atoms with Crippen LogP contribution in [0.1, 0.15) is 29.9 Å². The summed E-state index contributed by atoms with van der Waals surface area (Å²) in [6.45, 7) is 4.37. The molecule has 1 aromatic carbocycles. The van der Waals surface area contributed by atoms with Crippen molar-refractivity contribution >= 4 is 12.4 Å². The monoisotopic (exact) mass is 539 g/mol. The Balaban J connectivity index is 2.16. The van der Waals surface area contributed by atoms with Gasteiger partial charge in [0.15, 0.2) is 0 Å². The van der Waals surface area contributed by atoms with E-state index in [0.717, 1.165) is 36.6 Å². The van der Waals surface area contributed by atoms with Gasteiger partial charge in [-0.2, -0.15) is 13.2 Å². The Hall–Kier alpha value is -2.89. The van der Waals surface area contributed by atoms with Crippen LogP contribution in [0.5, 0.6) is 0 Å². The summed E-state index contributed by atoms with van der Waals surface area (Å²) in [6.07, 6.45) is -3.40. The third-order valence-corrected chi connectivity index (χ3v) is 6.98. The number of methoxy groups -OCH3 is 1. The normalized spacial score (nSPS) is 19.3. The standard InChI is InChI=1S/C27H36F3N3O5/c1-31(2)11-9-22-21(17-38-18-34)24(19-5-7-20(8-6-19)27(28,29)30)25(26(35)36-4)23(32(22)3)10-12-33-13-15-37-16-14-33/h5-8,18,24H,9-17H2,1-4H3. The first kappa shape index (κ1) is 29.7. The molecule has 1 aromatic rings. The topological polar surface area (TPSA) is 71.6 Å². The van der Waals surface area contributed by atoms with Crippen LogP contribution in [0.3, 0.4) is 0 Å². The van der Waals surface area contributed by atoms with Crippen molar-refractivity contribution < 1.29 is 37.0 Å². The minimum atomic E-state index is -4.49. The molecule has 1 saturated heterocycles. The van der Waals surface area contributed by atoms with Gasteiger partial charge < -0.3 is 24.0 Å². The van der Waals surface area contributed by atoms with Crippen LogP contribution in [0.25, 0.3) is 0 Å². The number of nitrogens with zero attached hydrogens (tertiary/aromatic N) is 3. The Bertz CT molecular complexity index is 1030. The summed E-state index contributed by atoms with van der Waals surface area (Å²) in [5.74, 6) is -1.31. The number of hydrogen-bond donors (Lipinski definition) is 0. The second kappa shape index (κ2) is 13.3. The van der Waals surface area contributed by atoms with Crippen molar-refractivity contribution in [1.82, 2.24) is 14.7 Å². The number of benzene rings is 1. The number of esters is 1. The number of carbonyl (C=O) groups is 2. The van der Waals surface area contributed by atoms with Gasteiger partial charge in [0.25, 0.3) is 6.47 Å². The number of hydrogen-bond acceptors (Lipinski definition) is 8. The molecule has 210 valence electrons. The molecule has 0 spiro atoms. The molecule has 0 saturated carbocycles. The zero-order valence-electron chi connectivity index (χ0n) is 22.3. The molecule has 1 fully saturated rings. The van der Waals surface area contributed by atoms with E-state index in [2.05, 4.69) is 4.90 Å². The lowest BCUT2D eigenvalue weighted by Crippen LogP contribution is -2.39. The lowest BCUT2D eigenvalue weighted by atomic mass is 9.78. The van der Waals surface area contributed by atoms with Crippen LogP contribution in [-0.2, 0) is 30.0 Å². The van der Waals surface area contributed by atoms with Gasteiger partial charge in [-0.05, 0) is 37.4 Å². The third-order valence-electron chi connectivity index (χ3n) is 6.98. The fraction of sp³-hybridized carbons (Fsp3) is 0.556. The molecule has 11 heteroatoms. The van der Waals surface area contributed by atoms with E-state index in [4.69, 9.17) is 14.2 Å². The van der Waals surface area contributed by atoms with Gasteiger partial charge in [0.2, 0.25) is 0 Å². The molecular weight excluding hydrogens is 503 g/mol. The van der Waals surface area contributed by atoms with Crippen LogP contribution in [0.2, 0.25) is 0 Å². The van der Waals surface area contributed by atoms with Gasteiger partial charge >= 0.3 is 12.1 Å². The number of halogens is 3. The van der Waals surface area contributed by atoms with Gasteiger partial charge in [-0.1, -0.05) is 12.1 Å². The Kier molecular flexibility index (Phi) is 10.3. The van der Waals surface area contributed by atoms with E-state index in [9.17, 15) is 22.8 Å². The van der Waals surface area contributed by atoms with Crippen LogP contribution >= 0.6 is 0 Å². The number of carbonyl (C=O) groups excluding carboxylic acids is 2. The van der Waals surface area contributed by atoms with E-state index in [1.807, 2.05) is 30.9 Å². The van der Waals surface area contributed by atoms with Crippen LogP contribution in [0, 0.1) is 0 Å². The molecule has 3 rings (SSSR count). The molecular formula is C27H36F3N3O5. The number of ether oxygens (including phenoxy) is 3. The van der Waals surface area contributed by atoms with Gasteiger partial charge in [-0.3, -0.25) is 9.69 Å². The Morgan fingerprint density at radius 2 is 1.79 bits per heavy atom. The fourth-order valence-corrected chi connectivity index (χ4v) is 4.98. The van der Waals surface area contributed by atoms with Crippen molar-refractivity contribution in [3.8, 4) is 0 Å². The number of rotatable bonds is 11. The Morgan fingerprint density at radius 3 is 2.34 bits per heavy atom. The minimum Gasteiger partial charge on any atom is -0.466 e. The van der Waals surface area contributed by atoms with Crippen molar-refractivity contribution in [2.45, 2.75) is 24.9 Å². The van der Waals surface area contributed by atoms with E-state index in [1.54, 1.807) is 0 Å². The van der Waals surface area contributed by atoms with E-state index >= 15 is 0 Å². The molecule has 0 amide bonds. The lowest BCUT2D eigenvalue weighted by molar-refractivity contribution is -0.138. The van der Waals surface area contributed by atoms with E-state index in [-0.39, 0.29) is 6.61 Å². The smallest absolute Gasteiger partial charge is 0.416 e. The maximum Gasteiger partial charge on any atom is 0.416 e. The van der Waals surface area contributed by atoms with E-state index in [0.29, 0.717) is 62.3 Å². The predicted molar refractivity (Wildman–Crippen MR) is 135 cm³/mol. The summed E-state index contributed by atoms with van der Waals surface area (Å²) in [5, 5.41) is 0. The molecule has 0 radical (unpaired) electrons. The molecule has 0 aromatic heterocycles. The molecule has 38 heavy (non-hydrogen) atoms. The Labute approximate surface area is 221 Å². The van der Waals surface area contributed by atoms with Crippen LogP contribution in [-0.4, -0.2) is 101 Å². The zero-order valence-corrected chi connectivity index (χ0v) is 22.3. The molecule has 2 aliphatic heterocycles. The molecule has 2 heterocycles. The van der Waals surface area contributed by atoms with Gasteiger partial charge in [-0.15, -0.1) is 0 Å². The van der Waals surface area contributed by atoms with Crippen molar-refractivity contribution in [2.75, 3.05) is 74.3 Å². The first-order valence-electron chi connectivity index (χ1n) is 12.5. The highest BCUT2D eigenvalue weighted by Crippen LogP contribution is 2.44. The van der Waals surface area contributed by atoms with Crippen LogP contribution in [0.4, 0.5) is 13.2 Å². The second-order valence-corrected chi connectivity index (χ2v) is 9.60. The lowest BCUT2D eigenvalue weighted by Gasteiger charge is -2.40. The van der Waals surface area contributed by atoms with Gasteiger partial charge in [0.05, 0.1) is 31.5 Å². The second-order valence-electron chi connectivity index (χ2n) is 9.60. The minimum absolute atomic E-state index is 0.112. The molecule has 8 nitrogen and oxygen atoms in total. The highest BCUT2D eigenvalue weighted by molar-refractivity contribution is 5.92. The Morgan fingerprint density at radius 1 is 1.13 bits per heavy atom. The highest BCUT2D eigenvalue weighted by atomic mass is 19.4. The highest BCUT2D eigenvalue weighted by Gasteiger charge is 2.39. The largest absolute Gasteiger partial charge is 0.466 e. The molecule has 0 bridgehead atoms. The summed E-state index contributed by atoms with van der Waals surface area (Å²) in [4.78, 5) is 30.7. The SMILES string of the molecule is COC(=O)C1=C(CCN2CCOCC2)N(C)C(CCN(C)C)=C(COC=O)C1c1ccc(C(F)(F)F)cc1. The first-order valence-corrected chi connectivity index (χ1v) is 12.5. The molecule has 0 N–H and O–H groups in total. The number of alkyl halides is 3. The van der Waals surface area contributed by atoms with Crippen LogP contribution in [0.15, 0.2) is 46.8 Å². The van der Waals surface area contributed by atoms with Gasteiger partial charge in [0, 0.05) is 63.4 Å². The van der Waals surface area contributed by atoms with Crippen molar-refractivity contribution in [3.63, 3.8) is 0 Å². The summed E-state index contributed by atoms with van der Waals surface area (Å²) >= 11 is 0. The average Bonchev–Trinajstić information content (AvgIpc) is 2.89. The quantitative estimate of drug-likeness (QED) is 0.314. The third kappa shape index (κ3) is 7.15. The summed E-state index contributed by atoms with van der Waals surface area (Å²) in [6, 6.07) is 4.78. The fourth-order valence-electron chi connectivity index (χ4n) is 4.98. The first-order chi connectivity index (χ1) is 18.1. The van der Waals surface area contributed by atoms with Gasteiger partial charge in [0.1, 0.15) is 6.61 Å². The van der Waals surface area contributed by atoms with Crippen molar-refractivity contribution in [3.05, 3.63) is 57.9 Å². The zero-order chi connectivity index (χ0) is 27.9. The van der Waals surface area contributed by atoms with Crippen LogP contribution < -0.4 is 0 Å². The number of morpholine rings is 1. The molecule has 1 atom stereocenters.